The molecule has 0 atom stereocenters. The van der Waals surface area contributed by atoms with Gasteiger partial charge in [0.2, 0.25) is 0 Å². The first-order valence-electron chi connectivity index (χ1n) is 5.54. The molecular weight excluding hydrogens is 313 g/mol. The zero-order chi connectivity index (χ0) is 13.7. The fourth-order valence-electron chi connectivity index (χ4n) is 1.58. The van der Waals surface area contributed by atoms with Gasteiger partial charge in [0.05, 0.1) is 6.21 Å². The first kappa shape index (κ1) is 13.5. The highest BCUT2D eigenvalue weighted by atomic mass is 79.9. The van der Waals surface area contributed by atoms with Gasteiger partial charge in [-0.3, -0.25) is 0 Å². The van der Waals surface area contributed by atoms with Crippen molar-refractivity contribution in [2.24, 2.45) is 5.16 Å². The topological polar surface area (TPSA) is 41.8 Å². The van der Waals surface area contributed by atoms with Crippen molar-refractivity contribution in [3.05, 3.63) is 63.9 Å². The summed E-state index contributed by atoms with van der Waals surface area (Å²) in [5, 5.41) is 11.6. The smallest absolute Gasteiger partial charge is 0.129 e. The maximum Gasteiger partial charge on any atom is 0.129 e. The van der Waals surface area contributed by atoms with Crippen molar-refractivity contribution in [3.63, 3.8) is 0 Å². The highest BCUT2D eigenvalue weighted by molar-refractivity contribution is 9.10. The minimum Gasteiger partial charge on any atom is -0.488 e. The summed E-state index contributed by atoms with van der Waals surface area (Å²) in [4.78, 5) is 0. The average molecular weight is 324 g/mol. The number of hydrogen-bond donors (Lipinski definition) is 1. The summed E-state index contributed by atoms with van der Waals surface area (Å²) in [6, 6.07) is 11.7. The number of hydrogen-bond acceptors (Lipinski definition) is 3. The van der Waals surface area contributed by atoms with E-state index in [-0.39, 0.29) is 12.4 Å². The molecule has 0 bridgehead atoms. The van der Waals surface area contributed by atoms with Crippen LogP contribution in [0.1, 0.15) is 11.1 Å². The Hall–Kier alpha value is -1.88. The Morgan fingerprint density at radius 1 is 1.26 bits per heavy atom. The molecule has 2 rings (SSSR count). The molecule has 0 heterocycles. The number of rotatable bonds is 4. The molecule has 1 N–H and O–H groups in total. The standard InChI is InChI=1S/C14H11BrFNO2/c15-12-5-6-14(11(7-12)8-17-18)19-9-10-3-1-2-4-13(10)16/h1-8,18H,9H2/b17-8-. The van der Waals surface area contributed by atoms with Crippen LogP contribution in [-0.4, -0.2) is 11.4 Å². The second kappa shape index (κ2) is 6.33. The molecule has 2 aromatic rings. The summed E-state index contributed by atoms with van der Waals surface area (Å²) in [6.45, 7) is 0.112. The summed E-state index contributed by atoms with van der Waals surface area (Å²) >= 11 is 3.32. The molecule has 0 unspecified atom stereocenters. The summed E-state index contributed by atoms with van der Waals surface area (Å²) in [5.74, 6) is 0.209. The molecule has 3 nitrogen and oxygen atoms in total. The minimum absolute atomic E-state index is 0.112. The van der Waals surface area contributed by atoms with Crippen LogP contribution in [0.3, 0.4) is 0 Å². The molecule has 0 aliphatic heterocycles. The zero-order valence-corrected chi connectivity index (χ0v) is 11.5. The van der Waals surface area contributed by atoms with Crippen molar-refractivity contribution in [1.82, 2.24) is 0 Å². The van der Waals surface area contributed by atoms with Crippen LogP contribution in [0.15, 0.2) is 52.1 Å². The number of ether oxygens (including phenoxy) is 1. The Bertz CT molecular complexity index is 602. The highest BCUT2D eigenvalue weighted by Crippen LogP contribution is 2.23. The van der Waals surface area contributed by atoms with Crippen molar-refractivity contribution >= 4 is 22.1 Å². The zero-order valence-electron chi connectivity index (χ0n) is 9.88. The molecule has 0 radical (unpaired) electrons. The molecule has 0 amide bonds. The largest absolute Gasteiger partial charge is 0.488 e. The summed E-state index contributed by atoms with van der Waals surface area (Å²) in [5.41, 5.74) is 1.07. The van der Waals surface area contributed by atoms with Crippen LogP contribution in [0, 0.1) is 5.82 Å². The van der Waals surface area contributed by atoms with Gasteiger partial charge >= 0.3 is 0 Å². The van der Waals surface area contributed by atoms with Gasteiger partial charge in [0.25, 0.3) is 0 Å². The first-order chi connectivity index (χ1) is 9.20. The lowest BCUT2D eigenvalue weighted by Gasteiger charge is -2.09. The molecular formula is C14H11BrFNO2. The van der Waals surface area contributed by atoms with Gasteiger partial charge in [-0.15, -0.1) is 0 Å². The molecule has 0 aliphatic carbocycles. The van der Waals surface area contributed by atoms with E-state index >= 15 is 0 Å². The van der Waals surface area contributed by atoms with E-state index in [4.69, 9.17) is 9.94 Å². The second-order valence-electron chi connectivity index (χ2n) is 3.81. The van der Waals surface area contributed by atoms with Gasteiger partial charge in [-0.2, -0.15) is 0 Å². The van der Waals surface area contributed by atoms with E-state index in [1.165, 1.54) is 12.3 Å². The van der Waals surface area contributed by atoms with Gasteiger partial charge < -0.3 is 9.94 Å². The monoisotopic (exact) mass is 323 g/mol. The van der Waals surface area contributed by atoms with Crippen molar-refractivity contribution in [2.45, 2.75) is 6.61 Å². The quantitative estimate of drug-likeness (QED) is 0.525. The molecule has 19 heavy (non-hydrogen) atoms. The summed E-state index contributed by atoms with van der Waals surface area (Å²) < 4.78 is 19.8. The van der Waals surface area contributed by atoms with Crippen molar-refractivity contribution in [3.8, 4) is 5.75 Å². The van der Waals surface area contributed by atoms with Crippen LogP contribution < -0.4 is 4.74 Å². The van der Waals surface area contributed by atoms with E-state index in [1.54, 1.807) is 36.4 Å². The van der Waals surface area contributed by atoms with Crippen LogP contribution in [0.2, 0.25) is 0 Å². The minimum atomic E-state index is -0.308. The van der Waals surface area contributed by atoms with E-state index < -0.39 is 0 Å². The molecule has 0 saturated carbocycles. The molecule has 0 saturated heterocycles. The predicted molar refractivity (Wildman–Crippen MR) is 74.3 cm³/mol. The number of nitrogens with zero attached hydrogens (tertiary/aromatic N) is 1. The summed E-state index contributed by atoms with van der Waals surface area (Å²) in [6.07, 6.45) is 1.27. The fraction of sp³-hybridized carbons (Fsp3) is 0.0714. The SMILES string of the molecule is O/N=C\c1cc(Br)ccc1OCc1ccccc1F. The van der Waals surface area contributed by atoms with Gasteiger partial charge in [0.1, 0.15) is 18.2 Å². The second-order valence-corrected chi connectivity index (χ2v) is 4.72. The Labute approximate surface area is 118 Å². The first-order valence-corrected chi connectivity index (χ1v) is 6.33. The Morgan fingerprint density at radius 3 is 2.79 bits per heavy atom. The van der Waals surface area contributed by atoms with Gasteiger partial charge in [0.15, 0.2) is 0 Å². The Morgan fingerprint density at radius 2 is 2.05 bits per heavy atom. The number of halogens is 2. The van der Waals surface area contributed by atoms with Crippen molar-refractivity contribution < 1.29 is 14.3 Å². The van der Waals surface area contributed by atoms with E-state index in [0.29, 0.717) is 16.9 Å². The average Bonchev–Trinajstić information content (AvgIpc) is 2.40. The fourth-order valence-corrected chi connectivity index (χ4v) is 1.96. The Kier molecular flexibility index (Phi) is 4.52. The molecule has 0 spiro atoms. The number of benzene rings is 2. The lowest BCUT2D eigenvalue weighted by atomic mass is 10.2. The van der Waals surface area contributed by atoms with E-state index in [0.717, 1.165) is 4.47 Å². The van der Waals surface area contributed by atoms with E-state index in [9.17, 15) is 4.39 Å². The molecule has 0 aliphatic rings. The van der Waals surface area contributed by atoms with Crippen LogP contribution in [-0.2, 0) is 6.61 Å². The van der Waals surface area contributed by atoms with Crippen LogP contribution in [0.4, 0.5) is 4.39 Å². The van der Waals surface area contributed by atoms with Gasteiger partial charge in [-0.05, 0) is 24.3 Å². The summed E-state index contributed by atoms with van der Waals surface area (Å²) in [7, 11) is 0. The van der Waals surface area contributed by atoms with Crippen LogP contribution in [0.25, 0.3) is 0 Å². The maximum absolute atomic E-state index is 13.5. The Balaban J connectivity index is 2.18. The highest BCUT2D eigenvalue weighted by Gasteiger charge is 2.06. The normalized spacial score (nSPS) is 10.8. The lowest BCUT2D eigenvalue weighted by Crippen LogP contribution is -2.00. The van der Waals surface area contributed by atoms with Crippen molar-refractivity contribution in [1.29, 1.82) is 0 Å². The number of oxime groups is 1. The lowest BCUT2D eigenvalue weighted by molar-refractivity contribution is 0.298. The molecule has 2 aromatic carbocycles. The van der Waals surface area contributed by atoms with Gasteiger partial charge in [-0.25, -0.2) is 4.39 Å². The van der Waals surface area contributed by atoms with Crippen molar-refractivity contribution in [2.75, 3.05) is 0 Å². The molecule has 98 valence electrons. The van der Waals surface area contributed by atoms with E-state index in [1.807, 2.05) is 0 Å². The third kappa shape index (κ3) is 3.54. The molecule has 0 aromatic heterocycles. The molecule has 0 fully saturated rings. The van der Waals surface area contributed by atoms with E-state index in [2.05, 4.69) is 21.1 Å². The molecule has 5 heteroatoms. The van der Waals surface area contributed by atoms with Crippen LogP contribution in [0.5, 0.6) is 5.75 Å². The third-order valence-electron chi connectivity index (χ3n) is 2.51. The third-order valence-corrected chi connectivity index (χ3v) is 3.00. The van der Waals surface area contributed by atoms with Gasteiger partial charge in [0, 0.05) is 15.6 Å². The maximum atomic E-state index is 13.5. The van der Waals surface area contributed by atoms with Crippen LogP contribution >= 0.6 is 15.9 Å². The van der Waals surface area contributed by atoms with Gasteiger partial charge in [-0.1, -0.05) is 39.3 Å². The predicted octanol–water partition coefficient (Wildman–Crippen LogP) is 3.98.